The second kappa shape index (κ2) is 6.26. The first kappa shape index (κ1) is 14.1. The highest BCUT2D eigenvalue weighted by atomic mass is 16.5. The Bertz CT molecular complexity index is 609. The van der Waals surface area contributed by atoms with E-state index in [-0.39, 0.29) is 0 Å². The number of nitrogens with one attached hydrogen (secondary N) is 1. The number of benzene rings is 1. The van der Waals surface area contributed by atoms with Crippen LogP contribution in [0.5, 0.6) is 5.75 Å². The van der Waals surface area contributed by atoms with Gasteiger partial charge in [0.2, 0.25) is 0 Å². The van der Waals surface area contributed by atoms with Crippen molar-refractivity contribution in [3.63, 3.8) is 0 Å². The molecule has 0 atom stereocenters. The van der Waals surface area contributed by atoms with Crippen LogP contribution in [0.4, 0.5) is 5.82 Å². The average molecular weight is 287 g/mol. The van der Waals surface area contributed by atoms with Crippen molar-refractivity contribution in [2.45, 2.75) is 31.7 Å². The largest absolute Gasteiger partial charge is 0.494 e. The Morgan fingerprint density at radius 2 is 2.05 bits per heavy atom. The molecule has 0 bridgehead atoms. The highest BCUT2D eigenvalue weighted by molar-refractivity contribution is 5.92. The van der Waals surface area contributed by atoms with Crippen LogP contribution in [0.1, 0.15) is 25.7 Å². The van der Waals surface area contributed by atoms with Gasteiger partial charge in [-0.05, 0) is 43.7 Å². The number of aliphatic hydroxyl groups is 1. The van der Waals surface area contributed by atoms with Crippen molar-refractivity contribution < 1.29 is 9.84 Å². The van der Waals surface area contributed by atoms with Crippen molar-refractivity contribution in [3.8, 4) is 5.75 Å². The number of aromatic nitrogens is 2. The molecule has 5 heteroatoms. The van der Waals surface area contributed by atoms with Gasteiger partial charge in [0.15, 0.2) is 0 Å². The predicted molar refractivity (Wildman–Crippen MR) is 82.5 cm³/mol. The van der Waals surface area contributed by atoms with Crippen LogP contribution in [-0.2, 0) is 0 Å². The summed E-state index contributed by atoms with van der Waals surface area (Å²) < 4.78 is 5.36. The van der Waals surface area contributed by atoms with Gasteiger partial charge in [-0.3, -0.25) is 0 Å². The minimum Gasteiger partial charge on any atom is -0.494 e. The molecular weight excluding hydrogens is 266 g/mol. The molecule has 112 valence electrons. The highest BCUT2D eigenvalue weighted by Gasteiger charge is 2.21. The number of ether oxygens (including phenoxy) is 1. The summed E-state index contributed by atoms with van der Waals surface area (Å²) in [6.45, 7) is 0.306. The standard InChI is InChI=1S/C16H21N3O2/c1-21-14-4-2-3-13-15(14)17-10-18-16(13)19-12-7-5-11(9-20)6-8-12/h2-4,10-12,20H,5-9H2,1H3,(H,17,18,19). The molecular formula is C16H21N3O2. The van der Waals surface area contributed by atoms with Crippen molar-refractivity contribution >= 4 is 16.7 Å². The summed E-state index contributed by atoms with van der Waals surface area (Å²) in [5.41, 5.74) is 0.835. The predicted octanol–water partition coefficient (Wildman–Crippen LogP) is 2.60. The number of nitrogens with zero attached hydrogens (tertiary/aromatic N) is 2. The van der Waals surface area contributed by atoms with Crippen LogP contribution in [0, 0.1) is 5.92 Å². The van der Waals surface area contributed by atoms with E-state index in [1.807, 2.05) is 18.2 Å². The molecule has 0 radical (unpaired) electrons. The number of methoxy groups -OCH3 is 1. The quantitative estimate of drug-likeness (QED) is 0.904. The molecule has 5 nitrogen and oxygen atoms in total. The summed E-state index contributed by atoms with van der Waals surface area (Å²) in [6, 6.07) is 6.29. The van der Waals surface area contributed by atoms with Crippen LogP contribution in [0.25, 0.3) is 10.9 Å². The maximum absolute atomic E-state index is 9.21. The normalized spacial score (nSPS) is 22.2. The van der Waals surface area contributed by atoms with Gasteiger partial charge < -0.3 is 15.2 Å². The molecule has 0 unspecified atom stereocenters. The van der Waals surface area contributed by atoms with Gasteiger partial charge >= 0.3 is 0 Å². The third-order valence-corrected chi connectivity index (χ3v) is 4.29. The zero-order valence-electron chi connectivity index (χ0n) is 12.2. The fourth-order valence-electron chi connectivity index (χ4n) is 3.02. The topological polar surface area (TPSA) is 67.3 Å². The Balaban J connectivity index is 1.81. The fourth-order valence-corrected chi connectivity index (χ4v) is 3.02. The van der Waals surface area contributed by atoms with Crippen LogP contribution in [0.15, 0.2) is 24.5 Å². The van der Waals surface area contributed by atoms with Crippen molar-refractivity contribution in [3.05, 3.63) is 24.5 Å². The minimum absolute atomic E-state index is 0.306. The molecule has 0 aliphatic heterocycles. The zero-order chi connectivity index (χ0) is 14.7. The maximum atomic E-state index is 9.21. The lowest BCUT2D eigenvalue weighted by molar-refractivity contribution is 0.186. The number of anilines is 1. The van der Waals surface area contributed by atoms with Crippen molar-refractivity contribution in [2.75, 3.05) is 19.0 Å². The van der Waals surface area contributed by atoms with Gasteiger partial charge in [0.05, 0.1) is 7.11 Å². The number of hydrogen-bond donors (Lipinski definition) is 2. The van der Waals surface area contributed by atoms with Gasteiger partial charge in [-0.15, -0.1) is 0 Å². The minimum atomic E-state index is 0.306. The lowest BCUT2D eigenvalue weighted by Crippen LogP contribution is -2.27. The Morgan fingerprint density at radius 1 is 1.24 bits per heavy atom. The Hall–Kier alpha value is -1.88. The van der Waals surface area contributed by atoms with E-state index < -0.39 is 0 Å². The van der Waals surface area contributed by atoms with Gasteiger partial charge in [-0.2, -0.15) is 0 Å². The first-order valence-electron chi connectivity index (χ1n) is 7.47. The second-order valence-electron chi connectivity index (χ2n) is 5.62. The third-order valence-electron chi connectivity index (χ3n) is 4.29. The average Bonchev–Trinajstić information content (AvgIpc) is 2.55. The van der Waals surface area contributed by atoms with Crippen molar-refractivity contribution in [1.82, 2.24) is 9.97 Å². The molecule has 0 spiro atoms. The number of aliphatic hydroxyl groups excluding tert-OH is 1. The van der Waals surface area contributed by atoms with Crippen molar-refractivity contribution in [2.24, 2.45) is 5.92 Å². The number of rotatable bonds is 4. The molecule has 21 heavy (non-hydrogen) atoms. The van der Waals surface area contributed by atoms with E-state index >= 15 is 0 Å². The number of fused-ring (bicyclic) bond motifs is 1. The Kier molecular flexibility index (Phi) is 4.20. The monoisotopic (exact) mass is 287 g/mol. The van der Waals surface area contributed by atoms with E-state index in [1.54, 1.807) is 13.4 Å². The van der Waals surface area contributed by atoms with E-state index in [4.69, 9.17) is 4.74 Å². The SMILES string of the molecule is COc1cccc2c(NC3CCC(CO)CC3)ncnc12. The lowest BCUT2D eigenvalue weighted by Gasteiger charge is -2.28. The Morgan fingerprint density at radius 3 is 2.76 bits per heavy atom. The molecule has 1 fully saturated rings. The summed E-state index contributed by atoms with van der Waals surface area (Å²) in [6.07, 6.45) is 5.86. The van der Waals surface area contributed by atoms with Crippen molar-refractivity contribution in [1.29, 1.82) is 0 Å². The van der Waals surface area contributed by atoms with Crippen LogP contribution < -0.4 is 10.1 Å². The first-order chi connectivity index (χ1) is 10.3. The molecule has 2 aromatic rings. The smallest absolute Gasteiger partial charge is 0.145 e. The summed E-state index contributed by atoms with van der Waals surface area (Å²) in [7, 11) is 1.65. The molecule has 0 saturated heterocycles. The van der Waals surface area contributed by atoms with E-state index in [0.717, 1.165) is 48.2 Å². The fraction of sp³-hybridized carbons (Fsp3) is 0.500. The van der Waals surface area contributed by atoms with E-state index in [9.17, 15) is 5.11 Å². The molecule has 1 aromatic carbocycles. The molecule has 1 heterocycles. The van der Waals surface area contributed by atoms with Gasteiger partial charge in [-0.1, -0.05) is 6.07 Å². The summed E-state index contributed by atoms with van der Waals surface area (Å²) in [4.78, 5) is 8.71. The van der Waals surface area contributed by atoms with Crippen LogP contribution in [-0.4, -0.2) is 34.8 Å². The second-order valence-corrected chi connectivity index (χ2v) is 5.62. The number of hydrogen-bond acceptors (Lipinski definition) is 5. The van der Waals surface area contributed by atoms with Gasteiger partial charge in [0, 0.05) is 18.0 Å². The van der Waals surface area contributed by atoms with Gasteiger partial charge in [0.25, 0.3) is 0 Å². The number of para-hydroxylation sites is 1. The van der Waals surface area contributed by atoms with Gasteiger partial charge in [-0.25, -0.2) is 9.97 Å². The zero-order valence-corrected chi connectivity index (χ0v) is 12.2. The van der Waals surface area contributed by atoms with Crippen LogP contribution in [0.2, 0.25) is 0 Å². The van der Waals surface area contributed by atoms with Gasteiger partial charge in [0.1, 0.15) is 23.4 Å². The van der Waals surface area contributed by atoms with E-state index in [2.05, 4.69) is 15.3 Å². The van der Waals surface area contributed by atoms with E-state index in [0.29, 0.717) is 18.6 Å². The Labute approximate surface area is 124 Å². The maximum Gasteiger partial charge on any atom is 0.145 e. The molecule has 1 aliphatic rings. The van der Waals surface area contributed by atoms with E-state index in [1.165, 1.54) is 0 Å². The lowest BCUT2D eigenvalue weighted by atomic mass is 9.86. The molecule has 1 aromatic heterocycles. The molecule has 2 N–H and O–H groups in total. The molecule has 1 saturated carbocycles. The third kappa shape index (κ3) is 2.93. The van der Waals surface area contributed by atoms with Crippen LogP contribution >= 0.6 is 0 Å². The van der Waals surface area contributed by atoms with Crippen LogP contribution in [0.3, 0.4) is 0 Å². The molecule has 1 aliphatic carbocycles. The highest BCUT2D eigenvalue weighted by Crippen LogP contribution is 2.30. The first-order valence-corrected chi connectivity index (χ1v) is 7.47. The summed E-state index contributed by atoms with van der Waals surface area (Å²) >= 11 is 0. The molecule has 3 rings (SSSR count). The molecule has 0 amide bonds. The summed E-state index contributed by atoms with van der Waals surface area (Å²) in [5, 5.41) is 13.7. The summed E-state index contributed by atoms with van der Waals surface area (Å²) in [5.74, 6) is 2.10.